The predicted molar refractivity (Wildman–Crippen MR) is 73.0 cm³/mol. The molecule has 102 valence electrons. The van der Waals surface area contributed by atoms with E-state index in [1.54, 1.807) is 18.2 Å². The Labute approximate surface area is 109 Å². The highest BCUT2D eigenvalue weighted by molar-refractivity contribution is 5.19. The van der Waals surface area contributed by atoms with Crippen LogP contribution in [0.4, 0.5) is 4.39 Å². The van der Waals surface area contributed by atoms with Crippen molar-refractivity contribution >= 4 is 0 Å². The molecule has 3 heteroatoms. The Morgan fingerprint density at radius 3 is 2.28 bits per heavy atom. The van der Waals surface area contributed by atoms with Crippen LogP contribution in [0.2, 0.25) is 0 Å². The number of hydrogen-bond acceptors (Lipinski definition) is 2. The van der Waals surface area contributed by atoms with Crippen LogP contribution in [0.25, 0.3) is 0 Å². The fourth-order valence-corrected chi connectivity index (χ4v) is 2.17. The van der Waals surface area contributed by atoms with Gasteiger partial charge in [-0.25, -0.2) is 4.39 Å². The van der Waals surface area contributed by atoms with E-state index >= 15 is 0 Å². The summed E-state index contributed by atoms with van der Waals surface area (Å²) in [5, 5.41) is 10.0. The van der Waals surface area contributed by atoms with Crippen molar-refractivity contribution in [2.24, 2.45) is 0 Å². The fraction of sp³-hybridized carbons (Fsp3) is 0.600. The zero-order chi connectivity index (χ0) is 13.4. The Kier molecular flexibility index (Phi) is 6.91. The first-order valence-electron chi connectivity index (χ1n) is 6.83. The molecular formula is C15H24FNO. The lowest BCUT2D eigenvalue weighted by Crippen LogP contribution is -2.27. The molecule has 0 amide bonds. The molecule has 1 aromatic carbocycles. The zero-order valence-corrected chi connectivity index (χ0v) is 11.4. The first kappa shape index (κ1) is 15.1. The second-order valence-electron chi connectivity index (χ2n) is 4.67. The number of halogens is 1. The topological polar surface area (TPSA) is 23.5 Å². The molecule has 2 nitrogen and oxygen atoms in total. The summed E-state index contributed by atoms with van der Waals surface area (Å²) in [6.45, 7) is 7.19. The van der Waals surface area contributed by atoms with E-state index in [0.29, 0.717) is 12.0 Å². The minimum absolute atomic E-state index is 0.317. The highest BCUT2D eigenvalue weighted by Crippen LogP contribution is 2.20. The van der Waals surface area contributed by atoms with Crippen molar-refractivity contribution in [1.82, 2.24) is 4.90 Å². The SMILES string of the molecule is CCCN(CCC)CCC(O)c1ccccc1F. The van der Waals surface area contributed by atoms with Gasteiger partial charge in [-0.1, -0.05) is 32.0 Å². The standard InChI is InChI=1S/C15H24FNO/c1-3-10-17(11-4-2)12-9-15(18)13-7-5-6-8-14(13)16/h5-8,15,18H,3-4,9-12H2,1-2H3. The van der Waals surface area contributed by atoms with Gasteiger partial charge in [-0.15, -0.1) is 0 Å². The van der Waals surface area contributed by atoms with Crippen molar-refractivity contribution in [2.75, 3.05) is 19.6 Å². The Morgan fingerprint density at radius 1 is 1.11 bits per heavy atom. The molecule has 0 aromatic heterocycles. The van der Waals surface area contributed by atoms with Gasteiger partial charge >= 0.3 is 0 Å². The van der Waals surface area contributed by atoms with E-state index < -0.39 is 6.10 Å². The number of aliphatic hydroxyl groups is 1. The molecule has 0 saturated heterocycles. The van der Waals surface area contributed by atoms with Crippen LogP contribution in [0.1, 0.15) is 44.8 Å². The van der Waals surface area contributed by atoms with Crippen LogP contribution < -0.4 is 0 Å². The summed E-state index contributed by atoms with van der Waals surface area (Å²) in [4.78, 5) is 2.32. The Morgan fingerprint density at radius 2 is 1.72 bits per heavy atom. The smallest absolute Gasteiger partial charge is 0.128 e. The molecule has 0 radical (unpaired) electrons. The van der Waals surface area contributed by atoms with Gasteiger partial charge in [0.05, 0.1) is 6.10 Å². The first-order valence-corrected chi connectivity index (χ1v) is 6.83. The van der Waals surface area contributed by atoms with Crippen LogP contribution in [-0.2, 0) is 0 Å². The van der Waals surface area contributed by atoms with Crippen molar-refractivity contribution in [2.45, 2.75) is 39.2 Å². The third kappa shape index (κ3) is 4.75. The van der Waals surface area contributed by atoms with Crippen molar-refractivity contribution in [1.29, 1.82) is 0 Å². The molecule has 0 aliphatic heterocycles. The summed E-state index contributed by atoms with van der Waals surface area (Å²) in [5.74, 6) is -0.317. The maximum absolute atomic E-state index is 13.5. The van der Waals surface area contributed by atoms with Gasteiger partial charge < -0.3 is 10.0 Å². The summed E-state index contributed by atoms with van der Waals surface area (Å²) in [5.41, 5.74) is 0.408. The van der Waals surface area contributed by atoms with E-state index in [1.165, 1.54) is 6.07 Å². The summed E-state index contributed by atoms with van der Waals surface area (Å²) in [6, 6.07) is 6.46. The van der Waals surface area contributed by atoms with Crippen LogP contribution in [0.15, 0.2) is 24.3 Å². The van der Waals surface area contributed by atoms with E-state index in [2.05, 4.69) is 18.7 Å². The second kappa shape index (κ2) is 8.22. The largest absolute Gasteiger partial charge is 0.388 e. The van der Waals surface area contributed by atoms with Crippen molar-refractivity contribution in [3.8, 4) is 0 Å². The van der Waals surface area contributed by atoms with E-state index in [9.17, 15) is 9.50 Å². The molecule has 0 heterocycles. The van der Waals surface area contributed by atoms with Gasteiger partial charge in [-0.05, 0) is 38.4 Å². The lowest BCUT2D eigenvalue weighted by atomic mass is 10.1. The van der Waals surface area contributed by atoms with Gasteiger partial charge in [0, 0.05) is 12.1 Å². The molecule has 1 unspecified atom stereocenters. The maximum atomic E-state index is 13.5. The second-order valence-corrected chi connectivity index (χ2v) is 4.67. The van der Waals surface area contributed by atoms with Crippen LogP contribution in [0.5, 0.6) is 0 Å². The monoisotopic (exact) mass is 253 g/mol. The Balaban J connectivity index is 2.49. The van der Waals surface area contributed by atoms with E-state index in [1.807, 2.05) is 0 Å². The minimum Gasteiger partial charge on any atom is -0.388 e. The predicted octanol–water partition coefficient (Wildman–Crippen LogP) is 3.37. The average Bonchev–Trinajstić information content (AvgIpc) is 2.36. The number of benzene rings is 1. The molecule has 0 bridgehead atoms. The molecule has 0 saturated carbocycles. The molecular weight excluding hydrogens is 229 g/mol. The molecule has 18 heavy (non-hydrogen) atoms. The molecule has 1 aromatic rings. The number of rotatable bonds is 8. The molecule has 1 atom stereocenters. The summed E-state index contributed by atoms with van der Waals surface area (Å²) in [7, 11) is 0. The highest BCUT2D eigenvalue weighted by atomic mass is 19.1. The quantitative estimate of drug-likeness (QED) is 0.768. The van der Waals surface area contributed by atoms with Gasteiger partial charge in [0.25, 0.3) is 0 Å². The van der Waals surface area contributed by atoms with E-state index in [-0.39, 0.29) is 5.82 Å². The van der Waals surface area contributed by atoms with E-state index in [0.717, 1.165) is 32.5 Å². The fourth-order valence-electron chi connectivity index (χ4n) is 2.17. The molecule has 1 N–H and O–H groups in total. The number of aliphatic hydroxyl groups excluding tert-OH is 1. The molecule has 0 spiro atoms. The normalized spacial score (nSPS) is 12.9. The number of nitrogens with zero attached hydrogens (tertiary/aromatic N) is 1. The highest BCUT2D eigenvalue weighted by Gasteiger charge is 2.13. The summed E-state index contributed by atoms with van der Waals surface area (Å²) >= 11 is 0. The van der Waals surface area contributed by atoms with Crippen LogP contribution in [-0.4, -0.2) is 29.6 Å². The molecule has 0 fully saturated rings. The van der Waals surface area contributed by atoms with Crippen molar-refractivity contribution < 1.29 is 9.50 Å². The zero-order valence-electron chi connectivity index (χ0n) is 11.4. The van der Waals surface area contributed by atoms with Gasteiger partial charge in [-0.3, -0.25) is 0 Å². The molecule has 1 rings (SSSR count). The van der Waals surface area contributed by atoms with Crippen LogP contribution in [0, 0.1) is 5.82 Å². The van der Waals surface area contributed by atoms with E-state index in [4.69, 9.17) is 0 Å². The average molecular weight is 253 g/mol. The summed E-state index contributed by atoms with van der Waals surface area (Å²) < 4.78 is 13.5. The maximum Gasteiger partial charge on any atom is 0.128 e. The van der Waals surface area contributed by atoms with Crippen LogP contribution >= 0.6 is 0 Å². The Hall–Kier alpha value is -0.930. The first-order chi connectivity index (χ1) is 8.69. The van der Waals surface area contributed by atoms with Gasteiger partial charge in [0.2, 0.25) is 0 Å². The lowest BCUT2D eigenvalue weighted by Gasteiger charge is -2.22. The minimum atomic E-state index is -0.706. The lowest BCUT2D eigenvalue weighted by molar-refractivity contribution is 0.138. The molecule has 0 aliphatic carbocycles. The third-order valence-corrected chi connectivity index (χ3v) is 3.06. The van der Waals surface area contributed by atoms with Gasteiger partial charge in [0.1, 0.15) is 5.82 Å². The van der Waals surface area contributed by atoms with Gasteiger partial charge in [-0.2, -0.15) is 0 Å². The van der Waals surface area contributed by atoms with Crippen LogP contribution in [0.3, 0.4) is 0 Å². The molecule has 0 aliphatic rings. The van der Waals surface area contributed by atoms with Crippen molar-refractivity contribution in [3.05, 3.63) is 35.6 Å². The third-order valence-electron chi connectivity index (χ3n) is 3.06. The van der Waals surface area contributed by atoms with Gasteiger partial charge in [0.15, 0.2) is 0 Å². The summed E-state index contributed by atoms with van der Waals surface area (Å²) in [6.07, 6.45) is 2.09. The Bertz CT molecular complexity index is 337. The number of hydrogen-bond donors (Lipinski definition) is 1. The van der Waals surface area contributed by atoms with Crippen molar-refractivity contribution in [3.63, 3.8) is 0 Å².